The van der Waals surface area contributed by atoms with E-state index in [-0.39, 0.29) is 19.6 Å². The van der Waals surface area contributed by atoms with Crippen molar-refractivity contribution in [3.63, 3.8) is 0 Å². The number of rotatable bonds is 6. The molecule has 0 saturated heterocycles. The number of hydrogen-bond acceptors (Lipinski definition) is 3. The summed E-state index contributed by atoms with van der Waals surface area (Å²) in [5.74, 6) is 0. The van der Waals surface area contributed by atoms with E-state index >= 15 is 0 Å². The molecule has 1 radical (unpaired) electrons. The lowest BCUT2D eigenvalue weighted by Crippen LogP contribution is -2.33. The van der Waals surface area contributed by atoms with Gasteiger partial charge in [0.05, 0.1) is 18.1 Å². The maximum atomic E-state index is 14.2. The van der Waals surface area contributed by atoms with Crippen LogP contribution >= 0.6 is 0 Å². The molecule has 0 amide bonds. The maximum absolute atomic E-state index is 14.2. The second-order valence-electron chi connectivity index (χ2n) is 3.40. The molecule has 0 bridgehead atoms. The lowest BCUT2D eigenvalue weighted by Gasteiger charge is -2.24. The van der Waals surface area contributed by atoms with Crippen LogP contribution in [0.15, 0.2) is 18.2 Å². The van der Waals surface area contributed by atoms with Crippen molar-refractivity contribution in [1.29, 1.82) is 5.26 Å². The second kappa shape index (κ2) is 6.33. The number of halogens is 1. The van der Waals surface area contributed by atoms with Crippen LogP contribution in [0.1, 0.15) is 25.0 Å². The van der Waals surface area contributed by atoms with Crippen molar-refractivity contribution in [2.75, 3.05) is 13.2 Å². The van der Waals surface area contributed by atoms with Crippen molar-refractivity contribution in [1.82, 2.24) is 0 Å². The number of nitrogens with zero attached hydrogens (tertiary/aromatic N) is 1. The highest BCUT2D eigenvalue weighted by atomic mass is 19.2. The fourth-order valence-corrected chi connectivity index (χ4v) is 1.52. The summed E-state index contributed by atoms with van der Waals surface area (Å²) < 4.78 is 24.1. The summed E-state index contributed by atoms with van der Waals surface area (Å²) in [5.41, 5.74) is 0.935. The predicted molar refractivity (Wildman–Crippen MR) is 60.8 cm³/mol. The molecule has 1 rings (SSSR count). The third-order valence-electron chi connectivity index (χ3n) is 2.19. The van der Waals surface area contributed by atoms with Gasteiger partial charge in [-0.2, -0.15) is 9.65 Å². The molecule has 0 atom stereocenters. The second-order valence-corrected chi connectivity index (χ2v) is 3.40. The van der Waals surface area contributed by atoms with Crippen LogP contribution in [0.4, 0.5) is 4.39 Å². The zero-order valence-electron chi connectivity index (χ0n) is 10.00. The van der Waals surface area contributed by atoms with Gasteiger partial charge >= 0.3 is 6.04 Å². The van der Waals surface area contributed by atoms with Gasteiger partial charge in [0, 0.05) is 13.2 Å². The van der Waals surface area contributed by atoms with E-state index in [9.17, 15) is 4.39 Å². The molecule has 1 aromatic rings. The number of ether oxygens (including phenoxy) is 2. The molecule has 1 aromatic carbocycles. The van der Waals surface area contributed by atoms with Crippen molar-refractivity contribution < 1.29 is 13.9 Å². The molecule has 0 N–H and O–H groups in total. The first-order valence-electron chi connectivity index (χ1n) is 5.51. The van der Waals surface area contributed by atoms with E-state index in [4.69, 9.17) is 14.7 Å². The molecular formula is C13H15FNO2. The van der Waals surface area contributed by atoms with E-state index < -0.39 is 6.04 Å². The summed E-state index contributed by atoms with van der Waals surface area (Å²) in [4.78, 5) is 0. The topological polar surface area (TPSA) is 42.2 Å². The van der Waals surface area contributed by atoms with Gasteiger partial charge < -0.3 is 9.47 Å². The van der Waals surface area contributed by atoms with Crippen LogP contribution in [-0.4, -0.2) is 19.3 Å². The van der Waals surface area contributed by atoms with E-state index in [1.807, 2.05) is 6.07 Å². The van der Waals surface area contributed by atoms with Gasteiger partial charge in [-0.1, -0.05) is 6.07 Å². The summed E-state index contributed by atoms with van der Waals surface area (Å²) >= 11 is 0. The lowest BCUT2D eigenvalue weighted by molar-refractivity contribution is -0.312. The van der Waals surface area contributed by atoms with Crippen molar-refractivity contribution in [2.24, 2.45) is 0 Å². The van der Waals surface area contributed by atoms with Crippen LogP contribution in [0.5, 0.6) is 0 Å². The Morgan fingerprint density at radius 3 is 2.59 bits per heavy atom. The zero-order chi connectivity index (χ0) is 12.7. The molecule has 0 aromatic heterocycles. The Labute approximate surface area is 101 Å². The van der Waals surface area contributed by atoms with Gasteiger partial charge in [0.2, 0.25) is 0 Å². The van der Waals surface area contributed by atoms with Crippen molar-refractivity contribution in [2.45, 2.75) is 26.3 Å². The number of benzene rings is 1. The smallest absolute Gasteiger partial charge is 0.324 e. The van der Waals surface area contributed by atoms with E-state index in [1.54, 1.807) is 32.0 Å². The Balaban J connectivity index is 2.90. The third kappa shape index (κ3) is 3.81. The minimum absolute atomic E-state index is 0.116. The molecule has 0 fully saturated rings. The largest absolute Gasteiger partial charge is 0.324 e. The normalized spacial score (nSPS) is 11.2. The first kappa shape index (κ1) is 13.6. The van der Waals surface area contributed by atoms with Crippen molar-refractivity contribution in [3.05, 3.63) is 35.4 Å². The molecule has 3 nitrogen and oxygen atoms in total. The van der Waals surface area contributed by atoms with E-state index in [0.717, 1.165) is 0 Å². The number of hydrogen-bond donors (Lipinski definition) is 0. The van der Waals surface area contributed by atoms with Gasteiger partial charge in [-0.3, -0.25) is 0 Å². The predicted octanol–water partition coefficient (Wildman–Crippen LogP) is 2.60. The fourth-order valence-electron chi connectivity index (χ4n) is 1.52. The standard InChI is InChI=1S/C13H15FNO2/c1-3-16-13(14,17-4-2)9-11-7-5-6-8-12(11)10-15/h6-8H,3-4,9H2,1-2H3. The van der Waals surface area contributed by atoms with Gasteiger partial charge in [0.25, 0.3) is 0 Å². The van der Waals surface area contributed by atoms with Gasteiger partial charge in [-0.05, 0) is 37.6 Å². The van der Waals surface area contributed by atoms with Gasteiger partial charge in [-0.25, -0.2) is 0 Å². The summed E-state index contributed by atoms with van der Waals surface area (Å²) in [7, 11) is 0. The van der Waals surface area contributed by atoms with Crippen LogP contribution in [0.2, 0.25) is 0 Å². The maximum Gasteiger partial charge on any atom is 0.324 e. The summed E-state index contributed by atoms with van der Waals surface area (Å²) in [5, 5.41) is 8.91. The molecule has 0 aliphatic heterocycles. The molecule has 0 unspecified atom stereocenters. The molecule has 0 aliphatic rings. The highest BCUT2D eigenvalue weighted by Gasteiger charge is 2.32. The Hall–Kier alpha value is -1.44. The third-order valence-corrected chi connectivity index (χ3v) is 2.19. The summed E-state index contributed by atoms with van der Waals surface area (Å²) in [6.07, 6.45) is -0.116. The number of alkyl halides is 1. The summed E-state index contributed by atoms with van der Waals surface area (Å²) in [6, 6.07) is 7.42. The zero-order valence-corrected chi connectivity index (χ0v) is 10.00. The average Bonchev–Trinajstić information content (AvgIpc) is 2.30. The van der Waals surface area contributed by atoms with Crippen molar-refractivity contribution >= 4 is 0 Å². The molecule has 91 valence electrons. The highest BCUT2D eigenvalue weighted by molar-refractivity contribution is 5.37. The monoisotopic (exact) mass is 236 g/mol. The molecule has 4 heteroatoms. The highest BCUT2D eigenvalue weighted by Crippen LogP contribution is 2.23. The SMILES string of the molecule is CCOC(F)(Cc1c[c]ccc1C#N)OCC. The minimum Gasteiger partial charge on any atom is -0.324 e. The van der Waals surface area contributed by atoms with Crippen LogP contribution in [-0.2, 0) is 15.9 Å². The quantitative estimate of drug-likeness (QED) is 0.713. The Morgan fingerprint density at radius 2 is 2.06 bits per heavy atom. The molecule has 17 heavy (non-hydrogen) atoms. The number of nitriles is 1. The Bertz CT molecular complexity index is 395. The fraction of sp³-hybridized carbons (Fsp3) is 0.462. The average molecular weight is 236 g/mol. The van der Waals surface area contributed by atoms with Crippen molar-refractivity contribution in [3.8, 4) is 6.07 Å². The Morgan fingerprint density at radius 1 is 1.41 bits per heavy atom. The first-order chi connectivity index (χ1) is 8.15. The lowest BCUT2D eigenvalue weighted by atomic mass is 10.0. The molecule has 0 aliphatic carbocycles. The van der Waals surface area contributed by atoms with Crippen LogP contribution in [0.3, 0.4) is 0 Å². The van der Waals surface area contributed by atoms with Crippen LogP contribution < -0.4 is 0 Å². The first-order valence-corrected chi connectivity index (χ1v) is 5.51. The Kier molecular flexibility index (Phi) is 5.08. The summed E-state index contributed by atoms with van der Waals surface area (Å²) in [6.45, 7) is 3.79. The van der Waals surface area contributed by atoms with Crippen LogP contribution in [0.25, 0.3) is 0 Å². The van der Waals surface area contributed by atoms with E-state index in [2.05, 4.69) is 6.07 Å². The van der Waals surface area contributed by atoms with Gasteiger partial charge in [-0.15, -0.1) is 0 Å². The van der Waals surface area contributed by atoms with Gasteiger partial charge in [0.15, 0.2) is 0 Å². The molecule has 0 heterocycles. The van der Waals surface area contributed by atoms with E-state index in [1.165, 1.54) is 0 Å². The van der Waals surface area contributed by atoms with Gasteiger partial charge in [0.1, 0.15) is 0 Å². The molecular weight excluding hydrogens is 221 g/mol. The van der Waals surface area contributed by atoms with E-state index in [0.29, 0.717) is 11.1 Å². The minimum atomic E-state index is -2.18. The molecule has 0 saturated carbocycles. The molecule has 0 spiro atoms. The van der Waals surface area contributed by atoms with Crippen LogP contribution in [0, 0.1) is 17.4 Å².